The fraction of sp³-hybridized carbons (Fsp3) is 0.833. The van der Waals surface area contributed by atoms with E-state index < -0.39 is 0 Å². The van der Waals surface area contributed by atoms with Crippen LogP contribution >= 0.6 is 0 Å². The van der Waals surface area contributed by atoms with Crippen LogP contribution in [-0.4, -0.2) is 37.6 Å². The molecule has 0 rings (SSSR count). The third-order valence-electron chi connectivity index (χ3n) is 2.29. The molecule has 2 N–H and O–H groups in total. The quantitative estimate of drug-likeness (QED) is 0.590. The zero-order valence-corrected chi connectivity index (χ0v) is 11.0. The maximum absolute atomic E-state index is 11.4. The van der Waals surface area contributed by atoms with Gasteiger partial charge in [0, 0.05) is 19.5 Å². The number of hydrogen-bond acceptors (Lipinski definition) is 4. The maximum Gasteiger partial charge on any atom is 0.323 e. The van der Waals surface area contributed by atoms with Crippen molar-refractivity contribution >= 4 is 11.9 Å². The molecule has 0 radical (unpaired) electrons. The molecule has 0 aliphatic heterocycles. The van der Waals surface area contributed by atoms with Gasteiger partial charge in [0.05, 0.1) is 6.61 Å². The zero-order chi connectivity index (χ0) is 13.1. The minimum atomic E-state index is -0.311. The predicted molar refractivity (Wildman–Crippen MR) is 66.6 cm³/mol. The number of amides is 1. The van der Waals surface area contributed by atoms with Crippen LogP contribution in [0.2, 0.25) is 0 Å². The zero-order valence-electron chi connectivity index (χ0n) is 11.0. The van der Waals surface area contributed by atoms with Gasteiger partial charge in [0.1, 0.15) is 6.04 Å². The Kier molecular flexibility index (Phi) is 9.43. The van der Waals surface area contributed by atoms with Crippen molar-refractivity contribution in [2.45, 2.75) is 46.1 Å². The molecule has 0 heterocycles. The largest absolute Gasteiger partial charge is 0.465 e. The number of rotatable bonds is 9. The van der Waals surface area contributed by atoms with Crippen molar-refractivity contribution in [1.29, 1.82) is 0 Å². The molecule has 0 aromatic rings. The molecule has 0 aromatic carbocycles. The second-order valence-electron chi connectivity index (χ2n) is 3.77. The number of carbonyl (C=O) groups excluding carboxylic acids is 2. The van der Waals surface area contributed by atoms with Crippen LogP contribution in [0, 0.1) is 0 Å². The number of esters is 1. The number of hydrogen-bond donors (Lipinski definition) is 2. The second kappa shape index (κ2) is 10.1. The van der Waals surface area contributed by atoms with Gasteiger partial charge in [-0.15, -0.1) is 0 Å². The summed E-state index contributed by atoms with van der Waals surface area (Å²) in [6.45, 7) is 7.27. The minimum absolute atomic E-state index is 0.0121. The molecule has 0 aliphatic rings. The highest BCUT2D eigenvalue weighted by Crippen LogP contribution is 1.95. The minimum Gasteiger partial charge on any atom is -0.465 e. The van der Waals surface area contributed by atoms with E-state index in [1.807, 2.05) is 13.8 Å². The van der Waals surface area contributed by atoms with Gasteiger partial charge in [-0.3, -0.25) is 9.59 Å². The number of nitrogens with one attached hydrogen (secondary N) is 2. The van der Waals surface area contributed by atoms with Crippen molar-refractivity contribution in [2.24, 2.45) is 0 Å². The molecular weight excluding hydrogens is 220 g/mol. The average molecular weight is 244 g/mol. The molecule has 100 valence electrons. The van der Waals surface area contributed by atoms with E-state index in [0.29, 0.717) is 32.5 Å². The van der Waals surface area contributed by atoms with Crippen molar-refractivity contribution in [3.63, 3.8) is 0 Å². The van der Waals surface area contributed by atoms with Crippen molar-refractivity contribution in [2.75, 3.05) is 19.7 Å². The van der Waals surface area contributed by atoms with Crippen LogP contribution in [0.15, 0.2) is 0 Å². The summed E-state index contributed by atoms with van der Waals surface area (Å²) in [7, 11) is 0. The van der Waals surface area contributed by atoms with Gasteiger partial charge in [0.25, 0.3) is 0 Å². The summed E-state index contributed by atoms with van der Waals surface area (Å²) in [4.78, 5) is 22.7. The highest BCUT2D eigenvalue weighted by atomic mass is 16.5. The Bertz CT molecular complexity index is 232. The lowest BCUT2D eigenvalue weighted by molar-refractivity contribution is -0.145. The van der Waals surface area contributed by atoms with E-state index in [2.05, 4.69) is 10.6 Å². The van der Waals surface area contributed by atoms with E-state index in [0.717, 1.165) is 6.42 Å². The summed E-state index contributed by atoms with van der Waals surface area (Å²) < 4.78 is 4.92. The summed E-state index contributed by atoms with van der Waals surface area (Å²) in [6.07, 6.45) is 1.98. The molecule has 0 aromatic heterocycles. The Morgan fingerprint density at radius 2 is 1.88 bits per heavy atom. The fourth-order valence-electron chi connectivity index (χ4n) is 1.35. The van der Waals surface area contributed by atoms with Gasteiger partial charge in [-0.25, -0.2) is 0 Å². The smallest absolute Gasteiger partial charge is 0.323 e. The van der Waals surface area contributed by atoms with Gasteiger partial charge in [-0.1, -0.05) is 13.8 Å². The fourth-order valence-corrected chi connectivity index (χ4v) is 1.35. The lowest BCUT2D eigenvalue weighted by Gasteiger charge is -2.15. The topological polar surface area (TPSA) is 67.4 Å². The van der Waals surface area contributed by atoms with Crippen LogP contribution in [0.5, 0.6) is 0 Å². The molecule has 1 unspecified atom stereocenters. The van der Waals surface area contributed by atoms with E-state index in [-0.39, 0.29) is 17.9 Å². The van der Waals surface area contributed by atoms with Crippen LogP contribution in [0.4, 0.5) is 0 Å². The molecular formula is C12H24N2O3. The first-order valence-corrected chi connectivity index (χ1v) is 6.32. The van der Waals surface area contributed by atoms with Crippen molar-refractivity contribution in [3.8, 4) is 0 Å². The first kappa shape index (κ1) is 15.9. The van der Waals surface area contributed by atoms with Gasteiger partial charge >= 0.3 is 5.97 Å². The Morgan fingerprint density at radius 1 is 1.18 bits per heavy atom. The average Bonchev–Trinajstić information content (AvgIpc) is 2.32. The SMILES string of the molecule is CCCNC(=O)CCNC(CC)C(=O)OCC. The maximum atomic E-state index is 11.4. The standard InChI is InChI=1S/C12H24N2O3/c1-4-8-14-11(15)7-9-13-10(5-2)12(16)17-6-3/h10,13H,4-9H2,1-3H3,(H,14,15). The third-order valence-corrected chi connectivity index (χ3v) is 2.29. The van der Waals surface area contributed by atoms with Gasteiger partial charge in [0.2, 0.25) is 5.91 Å². The Morgan fingerprint density at radius 3 is 2.41 bits per heavy atom. The first-order chi connectivity index (χ1) is 8.15. The highest BCUT2D eigenvalue weighted by molar-refractivity contribution is 5.77. The van der Waals surface area contributed by atoms with Gasteiger partial charge in [-0.2, -0.15) is 0 Å². The normalized spacial score (nSPS) is 11.9. The van der Waals surface area contributed by atoms with Crippen LogP contribution in [0.25, 0.3) is 0 Å². The summed E-state index contributed by atoms with van der Waals surface area (Å²) in [5, 5.41) is 5.81. The van der Waals surface area contributed by atoms with Crippen LogP contribution in [0.1, 0.15) is 40.0 Å². The Hall–Kier alpha value is -1.10. The van der Waals surface area contributed by atoms with E-state index in [1.54, 1.807) is 6.92 Å². The van der Waals surface area contributed by atoms with E-state index in [4.69, 9.17) is 4.74 Å². The van der Waals surface area contributed by atoms with Crippen LogP contribution < -0.4 is 10.6 Å². The molecule has 1 amide bonds. The van der Waals surface area contributed by atoms with Crippen molar-refractivity contribution in [3.05, 3.63) is 0 Å². The molecule has 0 fully saturated rings. The molecule has 0 aliphatic carbocycles. The van der Waals surface area contributed by atoms with Crippen LogP contribution in [0.3, 0.4) is 0 Å². The molecule has 17 heavy (non-hydrogen) atoms. The van der Waals surface area contributed by atoms with E-state index >= 15 is 0 Å². The van der Waals surface area contributed by atoms with Gasteiger partial charge in [0.15, 0.2) is 0 Å². The summed E-state index contributed by atoms with van der Waals surface area (Å²) in [5.41, 5.74) is 0. The lowest BCUT2D eigenvalue weighted by Crippen LogP contribution is -2.39. The molecule has 0 saturated carbocycles. The molecule has 0 spiro atoms. The second-order valence-corrected chi connectivity index (χ2v) is 3.77. The molecule has 1 atom stereocenters. The van der Waals surface area contributed by atoms with E-state index in [9.17, 15) is 9.59 Å². The van der Waals surface area contributed by atoms with Crippen molar-refractivity contribution in [1.82, 2.24) is 10.6 Å². The Balaban J connectivity index is 3.76. The molecule has 5 nitrogen and oxygen atoms in total. The molecule has 0 saturated heterocycles. The van der Waals surface area contributed by atoms with E-state index in [1.165, 1.54) is 0 Å². The highest BCUT2D eigenvalue weighted by Gasteiger charge is 2.16. The number of carbonyl (C=O) groups is 2. The summed E-state index contributed by atoms with van der Waals surface area (Å²) in [5.74, 6) is -0.234. The lowest BCUT2D eigenvalue weighted by atomic mass is 10.2. The predicted octanol–water partition coefficient (Wildman–Crippen LogP) is 0.834. The molecule has 0 bridgehead atoms. The van der Waals surface area contributed by atoms with Crippen molar-refractivity contribution < 1.29 is 14.3 Å². The first-order valence-electron chi connectivity index (χ1n) is 6.32. The third kappa shape index (κ3) is 7.74. The van der Waals surface area contributed by atoms with Gasteiger partial charge in [-0.05, 0) is 19.8 Å². The summed E-state index contributed by atoms with van der Waals surface area (Å²) >= 11 is 0. The molecule has 5 heteroatoms. The summed E-state index contributed by atoms with van der Waals surface area (Å²) in [6, 6.07) is -0.311. The number of ether oxygens (including phenoxy) is 1. The van der Waals surface area contributed by atoms with Crippen LogP contribution in [-0.2, 0) is 14.3 Å². The monoisotopic (exact) mass is 244 g/mol. The Labute approximate surface area is 103 Å². The van der Waals surface area contributed by atoms with Gasteiger partial charge < -0.3 is 15.4 Å².